The predicted molar refractivity (Wildman–Crippen MR) is 84.9 cm³/mol. The minimum Gasteiger partial charge on any atom is -0.363 e. The van der Waals surface area contributed by atoms with Crippen LogP contribution >= 0.6 is 12.2 Å². The lowest BCUT2D eigenvalue weighted by atomic mass is 10.3. The maximum absolute atomic E-state index is 10.8. The van der Waals surface area contributed by atoms with Gasteiger partial charge in [0.05, 0.1) is 0 Å². The second-order valence-corrected chi connectivity index (χ2v) is 7.67. The van der Waals surface area contributed by atoms with Crippen molar-refractivity contribution in [3.05, 3.63) is 0 Å². The van der Waals surface area contributed by atoms with E-state index in [2.05, 4.69) is 10.6 Å². The van der Waals surface area contributed by atoms with Gasteiger partial charge in [-0.1, -0.05) is 0 Å². The predicted octanol–water partition coefficient (Wildman–Crippen LogP) is 0.768. The maximum atomic E-state index is 10.8. The van der Waals surface area contributed by atoms with Crippen LogP contribution in [-0.2, 0) is 21.6 Å². The molecule has 18 heavy (non-hydrogen) atoms. The third-order valence-corrected chi connectivity index (χ3v) is 4.30. The third-order valence-electron chi connectivity index (χ3n) is 2.29. The van der Waals surface area contributed by atoms with E-state index in [0.717, 1.165) is 50.3 Å². The quantitative estimate of drug-likeness (QED) is 0.461. The van der Waals surface area contributed by atoms with Crippen LogP contribution in [0.1, 0.15) is 25.7 Å². The monoisotopic (exact) mass is 312 g/mol. The van der Waals surface area contributed by atoms with E-state index in [4.69, 9.17) is 12.2 Å². The Kier molecular flexibility index (Phi) is 12.0. The molecule has 0 rings (SSSR count). The van der Waals surface area contributed by atoms with Gasteiger partial charge in [0.1, 0.15) is 0 Å². The Hall–Kier alpha value is -0.0100. The molecule has 7 heteroatoms. The van der Waals surface area contributed by atoms with Gasteiger partial charge >= 0.3 is 0 Å². The molecule has 0 aromatic rings. The molecule has 0 bridgehead atoms. The average molecular weight is 313 g/mol. The molecule has 2 N–H and O–H groups in total. The molecule has 0 saturated heterocycles. The van der Waals surface area contributed by atoms with Gasteiger partial charge in [-0.05, 0) is 37.9 Å². The number of rotatable bonds is 10. The average Bonchev–Trinajstić information content (AvgIpc) is 2.27. The minimum absolute atomic E-state index is 0.672. The highest BCUT2D eigenvalue weighted by molar-refractivity contribution is 7.84. The van der Waals surface area contributed by atoms with Gasteiger partial charge in [-0.3, -0.25) is 8.42 Å². The molecule has 0 saturated carbocycles. The first kappa shape index (κ1) is 18.0. The second-order valence-electron chi connectivity index (χ2n) is 4.15. The summed E-state index contributed by atoms with van der Waals surface area (Å²) in [4.78, 5) is 0. The van der Waals surface area contributed by atoms with E-state index >= 15 is 0 Å². The molecule has 0 spiro atoms. The topological polar surface area (TPSA) is 58.2 Å². The molecular formula is C11H24N2O2S3. The van der Waals surface area contributed by atoms with Crippen LogP contribution < -0.4 is 10.6 Å². The van der Waals surface area contributed by atoms with Crippen LogP contribution in [0.15, 0.2) is 0 Å². The molecule has 4 nitrogen and oxygen atoms in total. The van der Waals surface area contributed by atoms with Gasteiger partial charge in [-0.15, -0.1) is 0 Å². The van der Waals surface area contributed by atoms with E-state index in [1.165, 1.54) is 0 Å². The van der Waals surface area contributed by atoms with Gasteiger partial charge in [0, 0.05) is 58.7 Å². The Morgan fingerprint density at radius 3 is 1.61 bits per heavy atom. The van der Waals surface area contributed by atoms with E-state index in [1.807, 2.05) is 0 Å². The van der Waals surface area contributed by atoms with Crippen LogP contribution in [0.3, 0.4) is 0 Å². The number of hydrogen-bond donors (Lipinski definition) is 2. The zero-order chi connectivity index (χ0) is 13.8. The molecule has 108 valence electrons. The summed E-state index contributed by atoms with van der Waals surface area (Å²) in [6.07, 6.45) is 7.33. The van der Waals surface area contributed by atoms with Crippen molar-refractivity contribution in [3.63, 3.8) is 0 Å². The van der Waals surface area contributed by atoms with E-state index < -0.39 is 21.6 Å². The zero-order valence-corrected chi connectivity index (χ0v) is 13.6. The Balaban J connectivity index is 3.27. The van der Waals surface area contributed by atoms with Crippen LogP contribution in [0.2, 0.25) is 0 Å². The molecule has 0 radical (unpaired) electrons. The third kappa shape index (κ3) is 14.1. The largest absolute Gasteiger partial charge is 0.363 e. The van der Waals surface area contributed by atoms with E-state index in [0.29, 0.717) is 5.11 Å². The fraction of sp³-hybridized carbons (Fsp3) is 0.909. The lowest BCUT2D eigenvalue weighted by Gasteiger charge is -2.09. The van der Waals surface area contributed by atoms with Crippen LogP contribution in [-0.4, -0.2) is 50.6 Å². The fourth-order valence-electron chi connectivity index (χ4n) is 1.33. The molecule has 0 aliphatic heterocycles. The SMILES string of the molecule is CS(=O)CCCCNC(=S)NCCCCS(C)=O. The van der Waals surface area contributed by atoms with Gasteiger partial charge in [0.2, 0.25) is 0 Å². The summed E-state index contributed by atoms with van der Waals surface area (Å²) in [5.41, 5.74) is 0. The lowest BCUT2D eigenvalue weighted by molar-refractivity contribution is 0.676. The summed E-state index contributed by atoms with van der Waals surface area (Å²) in [6, 6.07) is 0. The van der Waals surface area contributed by atoms with Crippen molar-refractivity contribution in [1.29, 1.82) is 0 Å². The summed E-state index contributed by atoms with van der Waals surface area (Å²) in [5, 5.41) is 6.91. The lowest BCUT2D eigenvalue weighted by Crippen LogP contribution is -2.36. The van der Waals surface area contributed by atoms with Crippen LogP contribution in [0.4, 0.5) is 0 Å². The molecule has 0 amide bonds. The molecule has 0 aliphatic rings. The Morgan fingerprint density at radius 2 is 1.28 bits per heavy atom. The molecule has 0 heterocycles. The molecular weight excluding hydrogens is 288 g/mol. The summed E-state index contributed by atoms with van der Waals surface area (Å²) in [5.74, 6) is 1.52. The van der Waals surface area contributed by atoms with Crippen molar-refractivity contribution in [2.75, 3.05) is 37.1 Å². The van der Waals surface area contributed by atoms with Gasteiger partial charge in [0.15, 0.2) is 5.11 Å². The van der Waals surface area contributed by atoms with Gasteiger partial charge in [-0.2, -0.15) is 0 Å². The Labute approximate surface area is 121 Å². The van der Waals surface area contributed by atoms with Crippen LogP contribution in [0.5, 0.6) is 0 Å². The number of unbranched alkanes of at least 4 members (excludes halogenated alkanes) is 2. The molecule has 0 aromatic carbocycles. The summed E-state index contributed by atoms with van der Waals surface area (Å²) >= 11 is 5.11. The highest BCUT2D eigenvalue weighted by atomic mass is 32.2. The van der Waals surface area contributed by atoms with Crippen LogP contribution in [0, 0.1) is 0 Å². The molecule has 0 fully saturated rings. The first-order valence-electron chi connectivity index (χ1n) is 6.14. The van der Waals surface area contributed by atoms with Crippen LogP contribution in [0.25, 0.3) is 0 Å². The van der Waals surface area contributed by atoms with Crippen molar-refractivity contribution >= 4 is 38.9 Å². The molecule has 2 atom stereocenters. The van der Waals surface area contributed by atoms with E-state index in [9.17, 15) is 8.42 Å². The first-order valence-corrected chi connectivity index (χ1v) is 10.0. The smallest absolute Gasteiger partial charge is 0.166 e. The molecule has 0 aromatic heterocycles. The molecule has 0 aliphatic carbocycles. The van der Waals surface area contributed by atoms with Crippen molar-refractivity contribution in [2.45, 2.75) is 25.7 Å². The first-order chi connectivity index (χ1) is 8.52. The summed E-state index contributed by atoms with van der Waals surface area (Å²) in [6.45, 7) is 1.64. The minimum atomic E-state index is -0.692. The van der Waals surface area contributed by atoms with Crippen molar-refractivity contribution in [1.82, 2.24) is 10.6 Å². The Bertz CT molecular complexity index is 259. The van der Waals surface area contributed by atoms with Gasteiger partial charge in [-0.25, -0.2) is 0 Å². The summed E-state index contributed by atoms with van der Waals surface area (Å²) < 4.78 is 21.6. The fourth-order valence-corrected chi connectivity index (χ4v) is 2.75. The van der Waals surface area contributed by atoms with E-state index in [-0.39, 0.29) is 0 Å². The number of nitrogens with one attached hydrogen (secondary N) is 2. The van der Waals surface area contributed by atoms with Gasteiger partial charge < -0.3 is 10.6 Å². The Morgan fingerprint density at radius 1 is 0.889 bits per heavy atom. The molecule has 2 unspecified atom stereocenters. The van der Waals surface area contributed by atoms with Crippen molar-refractivity contribution in [2.24, 2.45) is 0 Å². The number of thiocarbonyl (C=S) groups is 1. The van der Waals surface area contributed by atoms with Crippen molar-refractivity contribution < 1.29 is 8.42 Å². The zero-order valence-electron chi connectivity index (χ0n) is 11.2. The normalized spacial score (nSPS) is 13.9. The highest BCUT2D eigenvalue weighted by Crippen LogP contribution is 1.91. The van der Waals surface area contributed by atoms with E-state index in [1.54, 1.807) is 12.5 Å². The van der Waals surface area contributed by atoms with Crippen molar-refractivity contribution in [3.8, 4) is 0 Å². The summed E-state index contributed by atoms with van der Waals surface area (Å²) in [7, 11) is -1.38. The van der Waals surface area contributed by atoms with Gasteiger partial charge in [0.25, 0.3) is 0 Å². The second kappa shape index (κ2) is 12.0. The maximum Gasteiger partial charge on any atom is 0.166 e. The number of hydrogen-bond acceptors (Lipinski definition) is 3. The standard InChI is InChI=1S/C11H24N2O2S3/c1-17(14)9-5-3-7-12-11(16)13-8-4-6-10-18(2)15/h3-10H2,1-2H3,(H2,12,13,16). The highest BCUT2D eigenvalue weighted by Gasteiger charge is 1.96.